The maximum absolute atomic E-state index is 13.1. The van der Waals surface area contributed by atoms with Gasteiger partial charge in [-0.1, -0.05) is 6.92 Å². The van der Waals surface area contributed by atoms with Gasteiger partial charge in [0.05, 0.1) is 12.1 Å². The summed E-state index contributed by atoms with van der Waals surface area (Å²) < 4.78 is 5.99. The molecule has 1 aliphatic heterocycles. The number of amides is 2. The van der Waals surface area contributed by atoms with Gasteiger partial charge in [0.15, 0.2) is 0 Å². The molecule has 3 atom stereocenters. The van der Waals surface area contributed by atoms with Crippen LogP contribution in [0.1, 0.15) is 39.5 Å². The molecule has 2 fully saturated rings. The van der Waals surface area contributed by atoms with Gasteiger partial charge in [0.2, 0.25) is 11.8 Å². The summed E-state index contributed by atoms with van der Waals surface area (Å²) in [4.78, 5) is 33.0. The van der Waals surface area contributed by atoms with E-state index < -0.39 is 0 Å². The lowest BCUT2D eigenvalue weighted by Gasteiger charge is -2.40. The van der Waals surface area contributed by atoms with Crippen molar-refractivity contribution in [3.05, 3.63) is 24.5 Å². The minimum atomic E-state index is -0.0790. The van der Waals surface area contributed by atoms with Gasteiger partial charge in [-0.3, -0.25) is 14.6 Å². The lowest BCUT2D eigenvalue weighted by molar-refractivity contribution is -0.139. The number of nitrogens with zero attached hydrogens (tertiary/aromatic N) is 3. The third-order valence-corrected chi connectivity index (χ3v) is 5.68. The van der Waals surface area contributed by atoms with Gasteiger partial charge in [-0.05, 0) is 37.8 Å². The minimum absolute atomic E-state index is 0.0108. The third-order valence-electron chi connectivity index (χ3n) is 5.68. The van der Waals surface area contributed by atoms with E-state index in [4.69, 9.17) is 4.74 Å². The Morgan fingerprint density at radius 1 is 1.18 bits per heavy atom. The van der Waals surface area contributed by atoms with E-state index in [0.717, 1.165) is 51.1 Å². The number of aromatic nitrogens is 1. The summed E-state index contributed by atoms with van der Waals surface area (Å²) in [6.07, 6.45) is 6.74. The second-order valence-electron chi connectivity index (χ2n) is 7.74. The number of carbonyl (C=O) groups excluding carboxylic acids is 2. The summed E-state index contributed by atoms with van der Waals surface area (Å²) in [5.41, 5.74) is 1.16. The van der Waals surface area contributed by atoms with Gasteiger partial charge < -0.3 is 19.9 Å². The smallest absolute Gasteiger partial charge is 0.225 e. The molecule has 7 heteroatoms. The van der Waals surface area contributed by atoms with E-state index in [-0.39, 0.29) is 29.9 Å². The van der Waals surface area contributed by atoms with Crippen LogP contribution in [-0.4, -0.2) is 66.6 Å². The van der Waals surface area contributed by atoms with Crippen LogP contribution >= 0.6 is 0 Å². The first-order valence-electron chi connectivity index (χ1n) is 10.4. The number of carbonyl (C=O) groups is 2. The number of hydrogen-bond acceptors (Lipinski definition) is 5. The van der Waals surface area contributed by atoms with Crippen molar-refractivity contribution in [1.29, 1.82) is 0 Å². The SMILES string of the molecule is CCCO[C@H]1C[C@@H](C(=O)N2CCN(c3ccncc3)CC2)CC[C@@H]1NC(C)=O. The Balaban J connectivity index is 1.54. The Bertz CT molecular complexity index is 646. The molecule has 0 bridgehead atoms. The molecule has 3 rings (SSSR count). The predicted octanol–water partition coefficient (Wildman–Crippen LogP) is 1.83. The first-order valence-corrected chi connectivity index (χ1v) is 10.4. The molecule has 1 saturated heterocycles. The highest BCUT2D eigenvalue weighted by molar-refractivity contribution is 5.79. The number of nitrogens with one attached hydrogen (secondary N) is 1. The molecule has 0 spiro atoms. The Hall–Kier alpha value is -2.15. The van der Waals surface area contributed by atoms with Gasteiger partial charge in [0, 0.05) is 63.7 Å². The van der Waals surface area contributed by atoms with E-state index in [1.165, 1.54) is 6.92 Å². The van der Waals surface area contributed by atoms with Crippen molar-refractivity contribution in [3.8, 4) is 0 Å². The van der Waals surface area contributed by atoms with E-state index in [1.807, 2.05) is 17.0 Å². The van der Waals surface area contributed by atoms with E-state index in [9.17, 15) is 9.59 Å². The van der Waals surface area contributed by atoms with Crippen molar-refractivity contribution in [1.82, 2.24) is 15.2 Å². The molecule has 2 amide bonds. The number of anilines is 1. The average molecular weight is 389 g/mol. The molecule has 1 N–H and O–H groups in total. The lowest BCUT2D eigenvalue weighted by Crippen LogP contribution is -2.53. The van der Waals surface area contributed by atoms with Crippen LogP contribution in [0.3, 0.4) is 0 Å². The maximum Gasteiger partial charge on any atom is 0.225 e. The van der Waals surface area contributed by atoms with Gasteiger partial charge in [0.1, 0.15) is 0 Å². The fourth-order valence-corrected chi connectivity index (χ4v) is 4.23. The quantitative estimate of drug-likeness (QED) is 0.805. The average Bonchev–Trinajstić information content (AvgIpc) is 2.73. The zero-order chi connectivity index (χ0) is 19.9. The fraction of sp³-hybridized carbons (Fsp3) is 0.667. The van der Waals surface area contributed by atoms with Crippen LogP contribution in [0.15, 0.2) is 24.5 Å². The molecule has 0 aromatic carbocycles. The largest absolute Gasteiger partial charge is 0.376 e. The molecular formula is C21H32N4O3. The number of ether oxygens (including phenoxy) is 1. The summed E-state index contributed by atoms with van der Waals surface area (Å²) >= 11 is 0. The second kappa shape index (κ2) is 9.87. The zero-order valence-electron chi connectivity index (χ0n) is 17.0. The van der Waals surface area contributed by atoms with Gasteiger partial charge in [0.25, 0.3) is 0 Å². The highest BCUT2D eigenvalue weighted by Crippen LogP contribution is 2.29. The fourth-order valence-electron chi connectivity index (χ4n) is 4.23. The molecule has 1 aromatic heterocycles. The van der Waals surface area contributed by atoms with Gasteiger partial charge in [-0.2, -0.15) is 0 Å². The number of hydrogen-bond donors (Lipinski definition) is 1. The molecule has 1 aromatic rings. The van der Waals surface area contributed by atoms with Crippen molar-refractivity contribution in [3.63, 3.8) is 0 Å². The number of rotatable bonds is 6. The molecule has 0 radical (unpaired) electrons. The molecule has 2 heterocycles. The van der Waals surface area contributed by atoms with Gasteiger partial charge in [-0.15, -0.1) is 0 Å². The molecule has 154 valence electrons. The molecule has 28 heavy (non-hydrogen) atoms. The Morgan fingerprint density at radius 2 is 1.89 bits per heavy atom. The molecule has 1 aliphatic carbocycles. The second-order valence-corrected chi connectivity index (χ2v) is 7.74. The highest BCUT2D eigenvalue weighted by atomic mass is 16.5. The van der Waals surface area contributed by atoms with Crippen LogP contribution in [0.2, 0.25) is 0 Å². The van der Waals surface area contributed by atoms with E-state index in [1.54, 1.807) is 12.4 Å². The minimum Gasteiger partial charge on any atom is -0.376 e. The standard InChI is InChI=1S/C21H32N4O3/c1-3-14-28-20-15-17(4-5-19(20)23-16(2)26)21(27)25-12-10-24(11-13-25)18-6-8-22-9-7-18/h6-9,17,19-20H,3-5,10-15H2,1-2H3,(H,23,26)/t17-,19-,20-/m0/s1. The topological polar surface area (TPSA) is 74.8 Å². The Kier molecular flexibility index (Phi) is 7.25. The van der Waals surface area contributed by atoms with Crippen LogP contribution in [0, 0.1) is 5.92 Å². The van der Waals surface area contributed by atoms with E-state index in [2.05, 4.69) is 22.1 Å². The highest BCUT2D eigenvalue weighted by Gasteiger charge is 2.37. The molecule has 2 aliphatic rings. The van der Waals surface area contributed by atoms with E-state index in [0.29, 0.717) is 13.0 Å². The Labute approximate surface area is 167 Å². The number of pyridine rings is 1. The van der Waals surface area contributed by atoms with E-state index >= 15 is 0 Å². The van der Waals surface area contributed by atoms with Crippen LogP contribution < -0.4 is 10.2 Å². The summed E-state index contributed by atoms with van der Waals surface area (Å²) in [6.45, 7) is 7.43. The van der Waals surface area contributed by atoms with Crippen LogP contribution in [0.4, 0.5) is 5.69 Å². The molecular weight excluding hydrogens is 356 g/mol. The maximum atomic E-state index is 13.1. The van der Waals surface area contributed by atoms with Crippen LogP contribution in [-0.2, 0) is 14.3 Å². The summed E-state index contributed by atoms with van der Waals surface area (Å²) in [6, 6.07) is 4.03. The summed E-state index contributed by atoms with van der Waals surface area (Å²) in [5, 5.41) is 3.00. The zero-order valence-corrected chi connectivity index (χ0v) is 17.0. The molecule has 1 saturated carbocycles. The lowest BCUT2D eigenvalue weighted by atomic mass is 9.82. The summed E-state index contributed by atoms with van der Waals surface area (Å²) in [7, 11) is 0. The normalized spacial score (nSPS) is 25.4. The molecule has 0 unspecified atom stereocenters. The van der Waals surface area contributed by atoms with Gasteiger partial charge in [-0.25, -0.2) is 0 Å². The summed E-state index contributed by atoms with van der Waals surface area (Å²) in [5.74, 6) is 0.187. The monoisotopic (exact) mass is 388 g/mol. The van der Waals surface area contributed by atoms with Crippen molar-refractivity contribution in [2.24, 2.45) is 5.92 Å². The Morgan fingerprint density at radius 3 is 2.54 bits per heavy atom. The van der Waals surface area contributed by atoms with Gasteiger partial charge >= 0.3 is 0 Å². The van der Waals surface area contributed by atoms with Crippen LogP contribution in [0.5, 0.6) is 0 Å². The van der Waals surface area contributed by atoms with Crippen molar-refractivity contribution in [2.75, 3.05) is 37.7 Å². The van der Waals surface area contributed by atoms with Crippen molar-refractivity contribution < 1.29 is 14.3 Å². The van der Waals surface area contributed by atoms with Crippen molar-refractivity contribution in [2.45, 2.75) is 51.7 Å². The number of piperazine rings is 1. The predicted molar refractivity (Wildman–Crippen MR) is 108 cm³/mol. The third kappa shape index (κ3) is 5.22. The van der Waals surface area contributed by atoms with Crippen LogP contribution in [0.25, 0.3) is 0 Å². The first kappa shape index (κ1) is 20.6. The van der Waals surface area contributed by atoms with Crippen molar-refractivity contribution >= 4 is 17.5 Å². The molecule has 7 nitrogen and oxygen atoms in total. The first-order chi connectivity index (χ1) is 13.6.